The number of hydrogen-bond donors (Lipinski definition) is 1. The van der Waals surface area contributed by atoms with Gasteiger partial charge in [0.1, 0.15) is 5.82 Å². The molecule has 0 fully saturated rings. The standard InChI is InChI=1S/C15H14N4S/c16-14(20)9-15-18-12-6-1-2-7-13(12)19(15)10-11-5-3-4-8-17-11/h1-8H,9-10H2,(H2,16,20). The van der Waals surface area contributed by atoms with E-state index in [1.807, 2.05) is 42.5 Å². The molecule has 3 rings (SSSR count). The van der Waals surface area contributed by atoms with E-state index in [0.717, 1.165) is 22.6 Å². The molecule has 2 aromatic heterocycles. The van der Waals surface area contributed by atoms with Gasteiger partial charge in [0, 0.05) is 6.20 Å². The highest BCUT2D eigenvalue weighted by atomic mass is 32.1. The Balaban J connectivity index is 2.08. The number of nitrogens with zero attached hydrogens (tertiary/aromatic N) is 3. The fraction of sp³-hybridized carbons (Fsp3) is 0.133. The van der Waals surface area contributed by atoms with E-state index in [9.17, 15) is 0 Å². The predicted octanol–water partition coefficient (Wildman–Crippen LogP) is 2.31. The van der Waals surface area contributed by atoms with Crippen LogP contribution in [0.5, 0.6) is 0 Å². The Morgan fingerprint density at radius 3 is 2.70 bits per heavy atom. The van der Waals surface area contributed by atoms with Gasteiger partial charge in [0.15, 0.2) is 0 Å². The van der Waals surface area contributed by atoms with E-state index in [1.54, 1.807) is 6.20 Å². The number of hydrogen-bond acceptors (Lipinski definition) is 3. The maximum atomic E-state index is 5.67. The Morgan fingerprint density at radius 1 is 1.15 bits per heavy atom. The normalized spacial score (nSPS) is 10.8. The molecule has 5 heteroatoms. The summed E-state index contributed by atoms with van der Waals surface area (Å²) in [5, 5.41) is 0. The van der Waals surface area contributed by atoms with Crippen molar-refractivity contribution in [2.75, 3.05) is 0 Å². The number of aromatic nitrogens is 3. The summed E-state index contributed by atoms with van der Waals surface area (Å²) in [6.45, 7) is 0.666. The Kier molecular flexibility index (Phi) is 3.43. The van der Waals surface area contributed by atoms with Crippen LogP contribution in [0, 0.1) is 0 Å². The lowest BCUT2D eigenvalue weighted by Gasteiger charge is -2.08. The number of thiocarbonyl (C=S) groups is 1. The topological polar surface area (TPSA) is 56.7 Å². The maximum absolute atomic E-state index is 5.67. The van der Waals surface area contributed by atoms with Crippen LogP contribution < -0.4 is 5.73 Å². The van der Waals surface area contributed by atoms with Gasteiger partial charge in [-0.05, 0) is 24.3 Å². The Labute approximate surface area is 122 Å². The van der Waals surface area contributed by atoms with Crippen LogP contribution in [0.15, 0.2) is 48.7 Å². The molecule has 0 atom stereocenters. The third-order valence-electron chi connectivity index (χ3n) is 3.11. The van der Waals surface area contributed by atoms with Gasteiger partial charge in [-0.1, -0.05) is 30.4 Å². The summed E-state index contributed by atoms with van der Waals surface area (Å²) in [6.07, 6.45) is 2.29. The first-order valence-electron chi connectivity index (χ1n) is 6.36. The first-order valence-corrected chi connectivity index (χ1v) is 6.77. The van der Waals surface area contributed by atoms with E-state index in [4.69, 9.17) is 18.0 Å². The summed E-state index contributed by atoms with van der Waals surface area (Å²) in [6, 6.07) is 13.9. The molecular formula is C15H14N4S. The van der Waals surface area contributed by atoms with E-state index in [-0.39, 0.29) is 0 Å². The fourth-order valence-electron chi connectivity index (χ4n) is 2.25. The van der Waals surface area contributed by atoms with Crippen LogP contribution in [0.3, 0.4) is 0 Å². The number of benzene rings is 1. The van der Waals surface area contributed by atoms with E-state index < -0.39 is 0 Å². The van der Waals surface area contributed by atoms with Gasteiger partial charge in [-0.3, -0.25) is 4.98 Å². The summed E-state index contributed by atoms with van der Waals surface area (Å²) in [4.78, 5) is 9.43. The van der Waals surface area contributed by atoms with Gasteiger partial charge < -0.3 is 10.3 Å². The van der Waals surface area contributed by atoms with Crippen LogP contribution in [0.25, 0.3) is 11.0 Å². The predicted molar refractivity (Wildman–Crippen MR) is 83.6 cm³/mol. The van der Waals surface area contributed by atoms with Gasteiger partial charge in [0.25, 0.3) is 0 Å². The molecule has 2 N–H and O–H groups in total. The fourth-order valence-corrected chi connectivity index (χ4v) is 2.38. The summed E-state index contributed by atoms with van der Waals surface area (Å²) >= 11 is 5.02. The molecule has 0 unspecified atom stereocenters. The monoisotopic (exact) mass is 282 g/mol. The lowest BCUT2D eigenvalue weighted by atomic mass is 10.3. The highest BCUT2D eigenvalue weighted by Crippen LogP contribution is 2.17. The average Bonchev–Trinajstić information content (AvgIpc) is 2.77. The van der Waals surface area contributed by atoms with Crippen molar-refractivity contribution in [2.24, 2.45) is 5.73 Å². The van der Waals surface area contributed by atoms with Crippen LogP contribution >= 0.6 is 12.2 Å². The van der Waals surface area contributed by atoms with Crippen molar-refractivity contribution in [2.45, 2.75) is 13.0 Å². The summed E-state index contributed by atoms with van der Waals surface area (Å²) in [5.41, 5.74) is 8.68. The summed E-state index contributed by atoms with van der Waals surface area (Å²) in [7, 11) is 0. The van der Waals surface area contributed by atoms with Crippen LogP contribution in [-0.2, 0) is 13.0 Å². The molecule has 0 aliphatic carbocycles. The average molecular weight is 282 g/mol. The van der Waals surface area contributed by atoms with Crippen molar-refractivity contribution in [3.63, 3.8) is 0 Å². The molecule has 0 saturated carbocycles. The largest absolute Gasteiger partial charge is 0.393 e. The zero-order valence-corrected chi connectivity index (χ0v) is 11.7. The quantitative estimate of drug-likeness (QED) is 0.746. The zero-order valence-electron chi connectivity index (χ0n) is 10.9. The van der Waals surface area contributed by atoms with E-state index >= 15 is 0 Å². The molecule has 2 heterocycles. The number of para-hydroxylation sites is 2. The Hall–Kier alpha value is -2.27. The van der Waals surface area contributed by atoms with Crippen LogP contribution in [0.1, 0.15) is 11.5 Å². The summed E-state index contributed by atoms with van der Waals surface area (Å²) in [5.74, 6) is 0.879. The van der Waals surface area contributed by atoms with Crippen LogP contribution in [0.4, 0.5) is 0 Å². The molecule has 0 saturated heterocycles. The molecule has 4 nitrogen and oxygen atoms in total. The third-order valence-corrected chi connectivity index (χ3v) is 3.26. The number of nitrogens with two attached hydrogens (primary N) is 1. The first-order chi connectivity index (χ1) is 9.74. The highest BCUT2D eigenvalue weighted by Gasteiger charge is 2.11. The van der Waals surface area contributed by atoms with Crippen molar-refractivity contribution >= 4 is 28.2 Å². The highest BCUT2D eigenvalue weighted by molar-refractivity contribution is 7.80. The molecule has 0 bridgehead atoms. The van der Waals surface area contributed by atoms with Crippen molar-refractivity contribution in [3.8, 4) is 0 Å². The van der Waals surface area contributed by atoms with Gasteiger partial charge >= 0.3 is 0 Å². The van der Waals surface area contributed by atoms with Gasteiger partial charge in [0.2, 0.25) is 0 Å². The number of rotatable bonds is 4. The van der Waals surface area contributed by atoms with Crippen LogP contribution in [-0.4, -0.2) is 19.5 Å². The maximum Gasteiger partial charge on any atom is 0.117 e. The molecule has 0 aliphatic heterocycles. The van der Waals surface area contributed by atoms with Crippen molar-refractivity contribution in [3.05, 3.63) is 60.2 Å². The molecule has 0 amide bonds. The summed E-state index contributed by atoms with van der Waals surface area (Å²) < 4.78 is 2.12. The van der Waals surface area contributed by atoms with Gasteiger partial charge in [-0.15, -0.1) is 0 Å². The van der Waals surface area contributed by atoms with Gasteiger partial charge in [-0.2, -0.15) is 0 Å². The van der Waals surface area contributed by atoms with Gasteiger partial charge in [-0.25, -0.2) is 4.98 Å². The minimum atomic E-state index is 0.447. The molecule has 0 radical (unpaired) electrons. The third kappa shape index (κ3) is 2.53. The number of pyridine rings is 1. The second kappa shape index (κ2) is 5.38. The smallest absolute Gasteiger partial charge is 0.117 e. The molecule has 0 spiro atoms. The van der Waals surface area contributed by atoms with Crippen molar-refractivity contribution in [1.29, 1.82) is 0 Å². The van der Waals surface area contributed by atoms with Crippen molar-refractivity contribution in [1.82, 2.24) is 14.5 Å². The van der Waals surface area contributed by atoms with E-state index in [0.29, 0.717) is 18.0 Å². The molecule has 1 aromatic carbocycles. The van der Waals surface area contributed by atoms with E-state index in [1.165, 1.54) is 0 Å². The number of imidazole rings is 1. The molecular weight excluding hydrogens is 268 g/mol. The minimum absolute atomic E-state index is 0.447. The second-order valence-corrected chi connectivity index (χ2v) is 5.09. The first kappa shape index (κ1) is 12.7. The van der Waals surface area contributed by atoms with Crippen LogP contribution in [0.2, 0.25) is 0 Å². The molecule has 100 valence electrons. The van der Waals surface area contributed by atoms with Crippen molar-refractivity contribution < 1.29 is 0 Å². The Bertz CT molecular complexity index is 749. The lowest BCUT2D eigenvalue weighted by molar-refractivity contribution is 0.754. The van der Waals surface area contributed by atoms with E-state index in [2.05, 4.69) is 14.5 Å². The molecule has 20 heavy (non-hydrogen) atoms. The SMILES string of the molecule is NC(=S)Cc1nc2ccccc2n1Cc1ccccn1. The second-order valence-electron chi connectivity index (χ2n) is 4.57. The van der Waals surface area contributed by atoms with Gasteiger partial charge in [0.05, 0.1) is 34.7 Å². The lowest BCUT2D eigenvalue weighted by Crippen LogP contribution is -2.16. The molecule has 0 aliphatic rings. The Morgan fingerprint density at radius 2 is 1.95 bits per heavy atom. The molecule has 3 aromatic rings. The number of fused-ring (bicyclic) bond motifs is 1. The minimum Gasteiger partial charge on any atom is -0.393 e. The zero-order chi connectivity index (χ0) is 13.9.